The second kappa shape index (κ2) is 9.83. The Morgan fingerprint density at radius 2 is 1.59 bits per heavy atom. The summed E-state index contributed by atoms with van der Waals surface area (Å²) in [6, 6.07) is 20.6. The number of carbonyl (C=O) groups excluding carboxylic acids is 2. The maximum atomic E-state index is 13.4. The van der Waals surface area contributed by atoms with Crippen LogP contribution in [0.15, 0.2) is 88.9 Å². The number of benzene rings is 2. The molecule has 0 unspecified atom stereocenters. The van der Waals surface area contributed by atoms with Gasteiger partial charge in [-0.05, 0) is 53.4 Å². The maximum absolute atomic E-state index is 13.4. The predicted molar refractivity (Wildman–Crippen MR) is 126 cm³/mol. The van der Waals surface area contributed by atoms with Crippen LogP contribution in [0.5, 0.6) is 5.75 Å². The Kier molecular flexibility index (Phi) is 6.71. The topological polar surface area (TPSA) is 59.5 Å². The summed E-state index contributed by atoms with van der Waals surface area (Å²) in [4.78, 5) is 33.4. The molecule has 32 heavy (non-hydrogen) atoms. The molecule has 2 aromatic carbocycles. The molecule has 3 aromatic rings. The van der Waals surface area contributed by atoms with Gasteiger partial charge in [-0.3, -0.25) is 19.5 Å². The Bertz CT molecular complexity index is 1130. The van der Waals surface area contributed by atoms with Gasteiger partial charge in [0.1, 0.15) is 5.75 Å². The van der Waals surface area contributed by atoms with Crippen molar-refractivity contribution < 1.29 is 14.3 Å². The number of hydrogen-bond donors (Lipinski definition) is 0. The van der Waals surface area contributed by atoms with Crippen LogP contribution < -0.4 is 4.74 Å². The van der Waals surface area contributed by atoms with Crippen molar-refractivity contribution in [2.24, 2.45) is 5.92 Å². The van der Waals surface area contributed by atoms with Gasteiger partial charge in [0, 0.05) is 17.3 Å². The van der Waals surface area contributed by atoms with Crippen molar-refractivity contribution in [1.29, 1.82) is 0 Å². The van der Waals surface area contributed by atoms with Gasteiger partial charge in [-0.25, -0.2) is 0 Å². The largest absolute Gasteiger partial charge is 0.493 e. The molecule has 0 aliphatic carbocycles. The van der Waals surface area contributed by atoms with E-state index in [2.05, 4.69) is 18.8 Å². The van der Waals surface area contributed by atoms with Crippen molar-refractivity contribution in [3.63, 3.8) is 0 Å². The number of nitrogens with zero attached hydrogens (tertiary/aromatic N) is 2. The van der Waals surface area contributed by atoms with Gasteiger partial charge in [0.2, 0.25) is 0 Å². The van der Waals surface area contributed by atoms with E-state index >= 15 is 0 Å². The highest BCUT2D eigenvalue weighted by Crippen LogP contribution is 2.40. The summed E-state index contributed by atoms with van der Waals surface area (Å²) in [6.07, 6.45) is 3.31. The second-order valence-corrected chi connectivity index (χ2v) is 8.98. The van der Waals surface area contributed by atoms with Gasteiger partial charge in [0.15, 0.2) is 0 Å². The molecular formula is C26H24N2O3S. The fourth-order valence-corrected chi connectivity index (χ4v) is 4.34. The van der Waals surface area contributed by atoms with Crippen LogP contribution in [-0.4, -0.2) is 28.3 Å². The number of aromatic nitrogens is 1. The second-order valence-electron chi connectivity index (χ2n) is 7.90. The molecule has 0 saturated carbocycles. The molecule has 0 bridgehead atoms. The van der Waals surface area contributed by atoms with E-state index in [4.69, 9.17) is 4.74 Å². The van der Waals surface area contributed by atoms with Gasteiger partial charge in [-0.2, -0.15) is 0 Å². The van der Waals surface area contributed by atoms with E-state index in [1.807, 2.05) is 66.7 Å². The van der Waals surface area contributed by atoms with Crippen LogP contribution in [0.25, 0.3) is 5.57 Å². The fourth-order valence-electron chi connectivity index (χ4n) is 3.30. The summed E-state index contributed by atoms with van der Waals surface area (Å²) in [5, 5.41) is 0. The number of hydrogen-bond acceptors (Lipinski definition) is 5. The summed E-state index contributed by atoms with van der Waals surface area (Å²) in [6.45, 7) is 5.01. The molecule has 1 aliphatic heterocycles. The van der Waals surface area contributed by atoms with Crippen molar-refractivity contribution >= 4 is 29.1 Å². The molecule has 5 nitrogen and oxygen atoms in total. The van der Waals surface area contributed by atoms with Gasteiger partial charge in [-0.1, -0.05) is 55.9 Å². The zero-order valence-corrected chi connectivity index (χ0v) is 18.8. The first kappa shape index (κ1) is 21.8. The Morgan fingerprint density at radius 1 is 0.906 bits per heavy atom. The quantitative estimate of drug-likeness (QED) is 0.448. The number of pyridine rings is 1. The number of carbonyl (C=O) groups is 2. The highest BCUT2D eigenvalue weighted by atomic mass is 32.2. The molecule has 0 atom stereocenters. The SMILES string of the molecule is CC(C)COc1ccc(C2=C(Sc3ccccc3)C(=O)N(Cc3ccncc3)C2=O)cc1. The van der Waals surface area contributed by atoms with Crippen molar-refractivity contribution in [2.45, 2.75) is 25.3 Å². The van der Waals surface area contributed by atoms with Gasteiger partial charge in [-0.15, -0.1) is 0 Å². The molecule has 0 fully saturated rings. The molecule has 0 saturated heterocycles. The standard InChI is InChI=1S/C26H24N2O3S/c1-18(2)17-31-21-10-8-20(9-11-21)23-24(32-22-6-4-3-5-7-22)26(30)28(25(23)29)16-19-12-14-27-15-13-19/h3-15,18H,16-17H2,1-2H3. The fraction of sp³-hybridized carbons (Fsp3) is 0.192. The third-order valence-corrected chi connectivity index (χ3v) is 6.00. The van der Waals surface area contributed by atoms with E-state index in [0.29, 0.717) is 28.6 Å². The minimum Gasteiger partial charge on any atom is -0.493 e. The number of amides is 2. The third kappa shape index (κ3) is 4.92. The minimum atomic E-state index is -0.291. The normalized spacial score (nSPS) is 13.9. The summed E-state index contributed by atoms with van der Waals surface area (Å²) < 4.78 is 5.77. The smallest absolute Gasteiger partial charge is 0.268 e. The lowest BCUT2D eigenvalue weighted by Crippen LogP contribution is -2.30. The molecule has 4 rings (SSSR count). The Morgan fingerprint density at radius 3 is 2.25 bits per heavy atom. The number of rotatable bonds is 8. The van der Waals surface area contributed by atoms with E-state index < -0.39 is 0 Å². The Hall–Kier alpha value is -3.38. The summed E-state index contributed by atoms with van der Waals surface area (Å²) in [7, 11) is 0. The van der Waals surface area contributed by atoms with Gasteiger partial charge in [0.05, 0.1) is 23.6 Å². The van der Waals surface area contributed by atoms with E-state index in [0.717, 1.165) is 16.2 Å². The lowest BCUT2D eigenvalue weighted by molar-refractivity contribution is -0.137. The molecule has 162 valence electrons. The molecule has 0 radical (unpaired) electrons. The molecule has 2 amide bonds. The van der Waals surface area contributed by atoms with Gasteiger partial charge >= 0.3 is 0 Å². The lowest BCUT2D eigenvalue weighted by Gasteiger charge is -2.15. The Labute approximate surface area is 192 Å². The zero-order chi connectivity index (χ0) is 22.5. The van der Waals surface area contributed by atoms with Crippen molar-refractivity contribution in [3.8, 4) is 5.75 Å². The molecule has 6 heteroatoms. The maximum Gasteiger partial charge on any atom is 0.268 e. The number of thioether (sulfide) groups is 1. The number of ether oxygens (including phenoxy) is 1. The van der Waals surface area contributed by atoms with Crippen LogP contribution in [0.2, 0.25) is 0 Å². The predicted octanol–water partition coefficient (Wildman–Crippen LogP) is 5.19. The van der Waals surface area contributed by atoms with Crippen LogP contribution in [0, 0.1) is 5.92 Å². The monoisotopic (exact) mass is 444 g/mol. The lowest BCUT2D eigenvalue weighted by atomic mass is 10.1. The van der Waals surface area contributed by atoms with E-state index in [9.17, 15) is 9.59 Å². The first-order valence-corrected chi connectivity index (χ1v) is 11.3. The van der Waals surface area contributed by atoms with Crippen LogP contribution in [0.3, 0.4) is 0 Å². The van der Waals surface area contributed by atoms with Gasteiger partial charge in [0.25, 0.3) is 11.8 Å². The number of imide groups is 1. The van der Waals surface area contributed by atoms with Crippen molar-refractivity contribution in [1.82, 2.24) is 9.88 Å². The van der Waals surface area contributed by atoms with Crippen LogP contribution >= 0.6 is 11.8 Å². The molecule has 0 N–H and O–H groups in total. The van der Waals surface area contributed by atoms with Gasteiger partial charge < -0.3 is 4.74 Å². The highest BCUT2D eigenvalue weighted by Gasteiger charge is 2.39. The van der Waals surface area contributed by atoms with Crippen LogP contribution in [-0.2, 0) is 16.1 Å². The summed E-state index contributed by atoms with van der Waals surface area (Å²) in [5.41, 5.74) is 1.98. The molecular weight excluding hydrogens is 420 g/mol. The average Bonchev–Trinajstić information content (AvgIpc) is 3.03. The average molecular weight is 445 g/mol. The molecule has 1 aliphatic rings. The van der Waals surface area contributed by atoms with E-state index in [1.165, 1.54) is 16.7 Å². The van der Waals surface area contributed by atoms with E-state index in [-0.39, 0.29) is 18.4 Å². The Balaban J connectivity index is 1.67. The third-order valence-electron chi connectivity index (χ3n) is 4.90. The molecule has 1 aromatic heterocycles. The highest BCUT2D eigenvalue weighted by molar-refractivity contribution is 8.04. The summed E-state index contributed by atoms with van der Waals surface area (Å²) >= 11 is 1.32. The minimum absolute atomic E-state index is 0.206. The van der Waals surface area contributed by atoms with E-state index in [1.54, 1.807) is 12.4 Å². The first-order chi connectivity index (χ1) is 15.5. The van der Waals surface area contributed by atoms with Crippen molar-refractivity contribution in [2.75, 3.05) is 6.61 Å². The molecule has 0 spiro atoms. The molecule has 2 heterocycles. The summed E-state index contributed by atoms with van der Waals surface area (Å²) in [5.74, 6) is 0.588. The van der Waals surface area contributed by atoms with Crippen LogP contribution in [0.1, 0.15) is 25.0 Å². The van der Waals surface area contributed by atoms with Crippen molar-refractivity contribution in [3.05, 3.63) is 95.2 Å². The first-order valence-electron chi connectivity index (χ1n) is 10.5. The van der Waals surface area contributed by atoms with Crippen LogP contribution in [0.4, 0.5) is 0 Å². The zero-order valence-electron chi connectivity index (χ0n) is 18.0.